The summed E-state index contributed by atoms with van der Waals surface area (Å²) in [5, 5.41) is 0. The van der Waals surface area contributed by atoms with Gasteiger partial charge >= 0.3 is 0 Å². The largest absolute Gasteiger partial charge is 0.396 e. The van der Waals surface area contributed by atoms with Crippen molar-refractivity contribution < 1.29 is 4.39 Å². The van der Waals surface area contributed by atoms with Gasteiger partial charge in [-0.25, -0.2) is 14.4 Å². The molecule has 4 heteroatoms. The van der Waals surface area contributed by atoms with Crippen molar-refractivity contribution >= 4 is 5.69 Å². The minimum atomic E-state index is -0.236. The van der Waals surface area contributed by atoms with E-state index in [1.807, 2.05) is 13.8 Å². The molecule has 0 aliphatic carbocycles. The molecule has 3 nitrogen and oxygen atoms in total. The molecule has 1 aromatic heterocycles. The standard InChI is InChI=1S/C14H16FN3/c1-9(2)14-12(16)8-17-13(18-14)7-10-3-5-11(15)6-4-10/h3-6,8-9H,7,16H2,1-2H3. The third-order valence-corrected chi connectivity index (χ3v) is 2.72. The van der Waals surface area contributed by atoms with Crippen molar-refractivity contribution in [1.29, 1.82) is 0 Å². The second-order valence-electron chi connectivity index (χ2n) is 4.58. The van der Waals surface area contributed by atoms with Gasteiger partial charge in [-0.2, -0.15) is 0 Å². The Balaban J connectivity index is 2.24. The number of hydrogen-bond acceptors (Lipinski definition) is 3. The molecular weight excluding hydrogens is 229 g/mol. The molecule has 2 aromatic rings. The van der Waals surface area contributed by atoms with Gasteiger partial charge in [0.1, 0.15) is 11.6 Å². The molecule has 0 amide bonds. The van der Waals surface area contributed by atoms with Gasteiger partial charge in [-0.1, -0.05) is 26.0 Å². The van der Waals surface area contributed by atoms with Gasteiger partial charge in [0.15, 0.2) is 0 Å². The zero-order chi connectivity index (χ0) is 13.1. The highest BCUT2D eigenvalue weighted by atomic mass is 19.1. The number of rotatable bonds is 3. The van der Waals surface area contributed by atoms with Crippen molar-refractivity contribution in [3.63, 3.8) is 0 Å². The fraction of sp³-hybridized carbons (Fsp3) is 0.286. The van der Waals surface area contributed by atoms with Crippen LogP contribution in [0.5, 0.6) is 0 Å². The summed E-state index contributed by atoms with van der Waals surface area (Å²) in [5.74, 6) is 0.735. The molecule has 1 heterocycles. The molecule has 1 aromatic carbocycles. The lowest BCUT2D eigenvalue weighted by Crippen LogP contribution is -2.06. The SMILES string of the molecule is CC(C)c1nc(Cc2ccc(F)cc2)ncc1N. The fourth-order valence-corrected chi connectivity index (χ4v) is 1.78. The van der Waals surface area contributed by atoms with Crippen LogP contribution in [0.2, 0.25) is 0 Å². The lowest BCUT2D eigenvalue weighted by molar-refractivity contribution is 0.627. The van der Waals surface area contributed by atoms with E-state index in [2.05, 4.69) is 9.97 Å². The maximum atomic E-state index is 12.8. The fourth-order valence-electron chi connectivity index (χ4n) is 1.78. The van der Waals surface area contributed by atoms with Gasteiger partial charge in [0.2, 0.25) is 0 Å². The maximum absolute atomic E-state index is 12.8. The van der Waals surface area contributed by atoms with Gasteiger partial charge in [0, 0.05) is 6.42 Å². The van der Waals surface area contributed by atoms with Crippen LogP contribution in [0.25, 0.3) is 0 Å². The number of nitrogen functional groups attached to an aromatic ring is 1. The number of nitrogens with zero attached hydrogens (tertiary/aromatic N) is 2. The molecule has 18 heavy (non-hydrogen) atoms. The minimum absolute atomic E-state index is 0.236. The molecule has 0 saturated carbocycles. The summed E-state index contributed by atoms with van der Waals surface area (Å²) < 4.78 is 12.8. The van der Waals surface area contributed by atoms with Crippen LogP contribution in [0.4, 0.5) is 10.1 Å². The molecule has 0 radical (unpaired) electrons. The molecule has 0 spiro atoms. The van der Waals surface area contributed by atoms with Crippen LogP contribution in [-0.2, 0) is 6.42 Å². The van der Waals surface area contributed by atoms with Crippen LogP contribution in [0.1, 0.15) is 36.8 Å². The first kappa shape index (κ1) is 12.5. The van der Waals surface area contributed by atoms with Crippen LogP contribution in [0.15, 0.2) is 30.5 Å². The predicted molar refractivity (Wildman–Crippen MR) is 69.7 cm³/mol. The number of benzene rings is 1. The molecule has 2 rings (SSSR count). The van der Waals surface area contributed by atoms with E-state index >= 15 is 0 Å². The third-order valence-electron chi connectivity index (χ3n) is 2.72. The summed E-state index contributed by atoms with van der Waals surface area (Å²) in [7, 11) is 0. The lowest BCUT2D eigenvalue weighted by Gasteiger charge is -2.09. The van der Waals surface area contributed by atoms with Crippen molar-refractivity contribution in [3.8, 4) is 0 Å². The molecule has 0 aliphatic heterocycles. The van der Waals surface area contributed by atoms with Crippen molar-refractivity contribution in [1.82, 2.24) is 9.97 Å². The smallest absolute Gasteiger partial charge is 0.133 e. The Bertz CT molecular complexity index is 535. The number of hydrogen-bond donors (Lipinski definition) is 1. The van der Waals surface area contributed by atoms with Crippen LogP contribution in [0.3, 0.4) is 0 Å². The number of halogens is 1. The van der Waals surface area contributed by atoms with E-state index in [9.17, 15) is 4.39 Å². The highest BCUT2D eigenvalue weighted by Gasteiger charge is 2.08. The first-order chi connectivity index (χ1) is 8.56. The number of nitrogens with two attached hydrogens (primary N) is 1. The quantitative estimate of drug-likeness (QED) is 0.904. The minimum Gasteiger partial charge on any atom is -0.396 e. The average molecular weight is 245 g/mol. The van der Waals surface area contributed by atoms with Crippen LogP contribution in [-0.4, -0.2) is 9.97 Å². The first-order valence-corrected chi connectivity index (χ1v) is 5.92. The zero-order valence-electron chi connectivity index (χ0n) is 10.5. The summed E-state index contributed by atoms with van der Waals surface area (Å²) in [4.78, 5) is 8.67. The summed E-state index contributed by atoms with van der Waals surface area (Å²) >= 11 is 0. The van der Waals surface area contributed by atoms with E-state index < -0.39 is 0 Å². The highest BCUT2D eigenvalue weighted by molar-refractivity contribution is 5.42. The van der Waals surface area contributed by atoms with E-state index in [-0.39, 0.29) is 11.7 Å². The molecule has 0 atom stereocenters. The van der Waals surface area contributed by atoms with Gasteiger partial charge in [0.25, 0.3) is 0 Å². The van der Waals surface area contributed by atoms with Crippen molar-refractivity contribution in [2.24, 2.45) is 0 Å². The van der Waals surface area contributed by atoms with E-state index in [0.717, 1.165) is 11.3 Å². The maximum Gasteiger partial charge on any atom is 0.133 e. The van der Waals surface area contributed by atoms with Gasteiger partial charge in [0.05, 0.1) is 17.6 Å². The van der Waals surface area contributed by atoms with Crippen molar-refractivity contribution in [3.05, 3.63) is 53.4 Å². The normalized spacial score (nSPS) is 10.9. The van der Waals surface area contributed by atoms with Gasteiger partial charge < -0.3 is 5.73 Å². The summed E-state index contributed by atoms with van der Waals surface area (Å²) in [6, 6.07) is 6.36. The monoisotopic (exact) mass is 245 g/mol. The Morgan fingerprint density at radius 2 is 1.89 bits per heavy atom. The van der Waals surface area contributed by atoms with Crippen molar-refractivity contribution in [2.75, 3.05) is 5.73 Å². The van der Waals surface area contributed by atoms with Gasteiger partial charge in [-0.05, 0) is 23.6 Å². The molecule has 0 bridgehead atoms. The molecule has 94 valence electrons. The summed E-state index contributed by atoms with van der Waals surface area (Å²) in [5.41, 5.74) is 8.29. The van der Waals surface area contributed by atoms with Crippen LogP contribution in [0, 0.1) is 5.82 Å². The lowest BCUT2D eigenvalue weighted by atomic mass is 10.1. The topological polar surface area (TPSA) is 51.8 Å². The number of aromatic nitrogens is 2. The Labute approximate surface area is 106 Å². The second-order valence-corrected chi connectivity index (χ2v) is 4.58. The Kier molecular flexibility index (Phi) is 3.55. The average Bonchev–Trinajstić information content (AvgIpc) is 2.34. The van der Waals surface area contributed by atoms with E-state index in [0.29, 0.717) is 17.9 Å². The Morgan fingerprint density at radius 3 is 2.50 bits per heavy atom. The third kappa shape index (κ3) is 2.83. The second kappa shape index (κ2) is 5.12. The molecular formula is C14H16FN3. The van der Waals surface area contributed by atoms with E-state index in [4.69, 9.17) is 5.73 Å². The van der Waals surface area contributed by atoms with E-state index in [1.165, 1.54) is 12.1 Å². The van der Waals surface area contributed by atoms with Gasteiger partial charge in [-0.3, -0.25) is 0 Å². The van der Waals surface area contributed by atoms with Crippen molar-refractivity contribution in [2.45, 2.75) is 26.2 Å². The highest BCUT2D eigenvalue weighted by Crippen LogP contribution is 2.19. The molecule has 0 unspecified atom stereocenters. The zero-order valence-corrected chi connectivity index (χ0v) is 10.5. The molecule has 0 saturated heterocycles. The Hall–Kier alpha value is -1.97. The van der Waals surface area contributed by atoms with Gasteiger partial charge in [-0.15, -0.1) is 0 Å². The molecule has 0 fully saturated rings. The Morgan fingerprint density at radius 1 is 1.22 bits per heavy atom. The van der Waals surface area contributed by atoms with Crippen LogP contribution < -0.4 is 5.73 Å². The van der Waals surface area contributed by atoms with Crippen LogP contribution >= 0.6 is 0 Å². The summed E-state index contributed by atoms with van der Waals surface area (Å²) in [6.45, 7) is 4.08. The number of anilines is 1. The van der Waals surface area contributed by atoms with E-state index in [1.54, 1.807) is 18.3 Å². The summed E-state index contributed by atoms with van der Waals surface area (Å²) in [6.07, 6.45) is 2.22. The molecule has 2 N–H and O–H groups in total. The predicted octanol–water partition coefficient (Wildman–Crippen LogP) is 2.91. The molecule has 0 aliphatic rings. The first-order valence-electron chi connectivity index (χ1n) is 5.92.